The summed E-state index contributed by atoms with van der Waals surface area (Å²) in [5, 5.41) is 2.43. The lowest BCUT2D eigenvalue weighted by atomic mass is 9.90. The molecule has 0 heterocycles. The van der Waals surface area contributed by atoms with Gasteiger partial charge in [0, 0.05) is 0 Å². The van der Waals surface area contributed by atoms with E-state index in [1.165, 1.54) is 0 Å². The van der Waals surface area contributed by atoms with E-state index in [-0.39, 0.29) is 5.91 Å². The summed E-state index contributed by atoms with van der Waals surface area (Å²) in [6.07, 6.45) is 0. The molecule has 1 atom stereocenters. The van der Waals surface area contributed by atoms with Crippen molar-refractivity contribution in [2.75, 3.05) is 0 Å². The lowest BCUT2D eigenvalue weighted by Gasteiger charge is -2.29. The van der Waals surface area contributed by atoms with Crippen molar-refractivity contribution in [3.8, 4) is 0 Å². The Hall–Kier alpha value is -1.02. The van der Waals surface area contributed by atoms with E-state index < -0.39 is 10.9 Å². The molecule has 16 heavy (non-hydrogen) atoms. The van der Waals surface area contributed by atoms with Gasteiger partial charge >= 0.3 is 0 Å². The molecule has 0 aliphatic heterocycles. The smallest absolute Gasteiger partial charge is 0.238 e. The molecular formula is C13H18ClNO. The molecule has 0 aliphatic rings. The Labute approximate surface area is 102 Å². The summed E-state index contributed by atoms with van der Waals surface area (Å²) in [6, 6.07) is 8.02. The third kappa shape index (κ3) is 2.99. The van der Waals surface area contributed by atoms with Gasteiger partial charge in [-0.1, -0.05) is 24.3 Å². The van der Waals surface area contributed by atoms with Crippen LogP contribution in [-0.4, -0.2) is 11.3 Å². The maximum Gasteiger partial charge on any atom is 0.238 e. The first-order chi connectivity index (χ1) is 7.34. The van der Waals surface area contributed by atoms with Crippen molar-refractivity contribution < 1.29 is 4.79 Å². The molecule has 0 fully saturated rings. The third-order valence-corrected chi connectivity index (χ3v) is 2.81. The molecule has 0 aromatic heterocycles. The molecule has 88 valence electrons. The molecule has 0 bridgehead atoms. The van der Waals surface area contributed by atoms with E-state index in [0.29, 0.717) is 0 Å². The van der Waals surface area contributed by atoms with Crippen LogP contribution in [0.1, 0.15) is 31.9 Å². The Morgan fingerprint density at radius 1 is 1.38 bits per heavy atom. The number of hydrogen-bond donors (Lipinski definition) is 1. The van der Waals surface area contributed by atoms with Gasteiger partial charge in [-0.25, -0.2) is 0 Å². The number of carbonyl (C=O) groups is 1. The fourth-order valence-corrected chi connectivity index (χ4v) is 1.80. The summed E-state index contributed by atoms with van der Waals surface area (Å²) in [4.78, 5) is 11.6. The number of aryl methyl sites for hydroxylation is 1. The number of carbonyl (C=O) groups excluding carboxylic acids is 1. The zero-order chi connectivity index (χ0) is 12.3. The monoisotopic (exact) mass is 239 g/mol. The van der Waals surface area contributed by atoms with Crippen LogP contribution in [0.5, 0.6) is 0 Å². The van der Waals surface area contributed by atoms with Gasteiger partial charge in [0.25, 0.3) is 0 Å². The number of alkyl halides is 1. The van der Waals surface area contributed by atoms with E-state index in [4.69, 9.17) is 11.6 Å². The number of nitrogens with one attached hydrogen (secondary N) is 1. The Kier molecular flexibility index (Phi) is 3.98. The van der Waals surface area contributed by atoms with Crippen LogP contribution in [0.15, 0.2) is 24.3 Å². The van der Waals surface area contributed by atoms with Crippen LogP contribution in [0.3, 0.4) is 0 Å². The van der Waals surface area contributed by atoms with Crippen LogP contribution in [0.25, 0.3) is 0 Å². The summed E-state index contributed by atoms with van der Waals surface area (Å²) in [6.45, 7) is 7.66. The van der Waals surface area contributed by atoms with E-state index in [1.807, 2.05) is 45.0 Å². The van der Waals surface area contributed by atoms with Crippen molar-refractivity contribution in [3.63, 3.8) is 0 Å². The highest BCUT2D eigenvalue weighted by atomic mass is 35.5. The van der Waals surface area contributed by atoms with Gasteiger partial charge in [0.15, 0.2) is 0 Å². The van der Waals surface area contributed by atoms with Crippen molar-refractivity contribution in [1.82, 2.24) is 5.32 Å². The van der Waals surface area contributed by atoms with Gasteiger partial charge in [0.2, 0.25) is 5.91 Å². The summed E-state index contributed by atoms with van der Waals surface area (Å²) in [5.74, 6) is -0.144. The highest BCUT2D eigenvalue weighted by molar-refractivity contribution is 6.30. The van der Waals surface area contributed by atoms with Crippen LogP contribution in [0.4, 0.5) is 0 Å². The quantitative estimate of drug-likeness (QED) is 0.808. The second-order valence-corrected chi connectivity index (χ2v) is 5.20. The highest BCUT2D eigenvalue weighted by Gasteiger charge is 2.25. The Morgan fingerprint density at radius 3 is 2.44 bits per heavy atom. The average Bonchev–Trinajstić information content (AvgIpc) is 2.17. The number of benzene rings is 1. The van der Waals surface area contributed by atoms with Crippen molar-refractivity contribution in [2.45, 2.75) is 38.6 Å². The molecule has 0 saturated heterocycles. The van der Waals surface area contributed by atoms with Gasteiger partial charge in [-0.2, -0.15) is 0 Å². The molecule has 1 aromatic carbocycles. The van der Waals surface area contributed by atoms with Gasteiger partial charge in [-0.3, -0.25) is 4.79 Å². The average molecular weight is 240 g/mol. The normalized spacial score (nSPS) is 13.3. The molecule has 1 rings (SSSR count). The molecular weight excluding hydrogens is 222 g/mol. The molecule has 1 aromatic rings. The highest BCUT2D eigenvalue weighted by Crippen LogP contribution is 2.23. The molecule has 1 amide bonds. The van der Waals surface area contributed by atoms with Gasteiger partial charge in [-0.05, 0) is 38.8 Å². The SMILES string of the molecule is Cc1ccccc1C(C)(C)NC(=O)C(C)Cl. The van der Waals surface area contributed by atoms with Crippen LogP contribution in [0.2, 0.25) is 0 Å². The van der Waals surface area contributed by atoms with Crippen molar-refractivity contribution in [2.24, 2.45) is 0 Å². The van der Waals surface area contributed by atoms with Crippen LogP contribution in [-0.2, 0) is 10.3 Å². The first kappa shape index (κ1) is 13.0. The van der Waals surface area contributed by atoms with Gasteiger partial charge < -0.3 is 5.32 Å². The first-order valence-corrected chi connectivity index (χ1v) is 5.80. The fraction of sp³-hybridized carbons (Fsp3) is 0.462. The predicted molar refractivity (Wildman–Crippen MR) is 67.7 cm³/mol. The van der Waals surface area contributed by atoms with E-state index in [9.17, 15) is 4.79 Å². The number of halogens is 1. The maximum atomic E-state index is 11.6. The van der Waals surface area contributed by atoms with Crippen molar-refractivity contribution >= 4 is 17.5 Å². The standard InChI is InChI=1S/C13H18ClNO/c1-9-7-5-6-8-11(9)13(3,4)15-12(16)10(2)14/h5-8,10H,1-4H3,(H,15,16). The third-order valence-electron chi connectivity index (χ3n) is 2.62. The van der Waals surface area contributed by atoms with E-state index >= 15 is 0 Å². The minimum absolute atomic E-state index is 0.144. The van der Waals surface area contributed by atoms with Gasteiger partial charge in [0.05, 0.1) is 5.54 Å². The number of hydrogen-bond acceptors (Lipinski definition) is 1. The summed E-state index contributed by atoms with van der Waals surface area (Å²) < 4.78 is 0. The number of amides is 1. The van der Waals surface area contributed by atoms with Crippen LogP contribution >= 0.6 is 11.6 Å². The minimum Gasteiger partial charge on any atom is -0.346 e. The molecule has 0 spiro atoms. The Balaban J connectivity index is 2.94. The zero-order valence-corrected chi connectivity index (χ0v) is 10.9. The molecule has 1 unspecified atom stereocenters. The summed E-state index contributed by atoms with van der Waals surface area (Å²) >= 11 is 5.75. The Morgan fingerprint density at radius 2 is 1.94 bits per heavy atom. The largest absolute Gasteiger partial charge is 0.346 e. The zero-order valence-electron chi connectivity index (χ0n) is 10.2. The molecule has 2 nitrogen and oxygen atoms in total. The summed E-state index contributed by atoms with van der Waals surface area (Å²) in [7, 11) is 0. The van der Waals surface area contributed by atoms with E-state index in [0.717, 1.165) is 11.1 Å². The van der Waals surface area contributed by atoms with Crippen molar-refractivity contribution in [3.05, 3.63) is 35.4 Å². The van der Waals surface area contributed by atoms with Crippen LogP contribution < -0.4 is 5.32 Å². The Bertz CT molecular complexity index is 385. The molecule has 3 heteroatoms. The van der Waals surface area contributed by atoms with Crippen LogP contribution in [0, 0.1) is 6.92 Å². The number of rotatable bonds is 3. The minimum atomic E-state index is -0.511. The molecule has 0 aliphatic carbocycles. The predicted octanol–water partition coefficient (Wildman–Crippen LogP) is 2.97. The first-order valence-electron chi connectivity index (χ1n) is 5.37. The second kappa shape index (κ2) is 4.88. The molecule has 0 radical (unpaired) electrons. The van der Waals surface area contributed by atoms with Crippen molar-refractivity contribution in [1.29, 1.82) is 0 Å². The van der Waals surface area contributed by atoms with E-state index in [1.54, 1.807) is 6.92 Å². The second-order valence-electron chi connectivity index (χ2n) is 4.55. The lowest BCUT2D eigenvalue weighted by molar-refractivity contribution is -0.122. The molecule has 0 saturated carbocycles. The maximum absolute atomic E-state index is 11.6. The summed E-state index contributed by atoms with van der Waals surface area (Å²) in [5.41, 5.74) is 1.88. The van der Waals surface area contributed by atoms with Gasteiger partial charge in [0.1, 0.15) is 5.38 Å². The lowest BCUT2D eigenvalue weighted by Crippen LogP contribution is -2.44. The molecule has 1 N–H and O–H groups in total. The topological polar surface area (TPSA) is 29.1 Å². The fourth-order valence-electron chi connectivity index (χ4n) is 1.75. The van der Waals surface area contributed by atoms with E-state index in [2.05, 4.69) is 5.32 Å². The van der Waals surface area contributed by atoms with Gasteiger partial charge in [-0.15, -0.1) is 11.6 Å².